The number of aromatic nitrogens is 2. The van der Waals surface area contributed by atoms with E-state index in [2.05, 4.69) is 10.4 Å². The summed E-state index contributed by atoms with van der Waals surface area (Å²) in [5.74, 6) is -1.90. The third-order valence-electron chi connectivity index (χ3n) is 4.32. The van der Waals surface area contributed by atoms with E-state index in [0.717, 1.165) is 30.3 Å². The first-order chi connectivity index (χ1) is 11.8. The lowest BCUT2D eigenvalue weighted by Gasteiger charge is -2.14. The summed E-state index contributed by atoms with van der Waals surface area (Å²) in [4.78, 5) is 23.5. The van der Waals surface area contributed by atoms with Crippen molar-refractivity contribution < 1.29 is 19.1 Å². The van der Waals surface area contributed by atoms with Gasteiger partial charge in [-0.2, -0.15) is 5.10 Å². The van der Waals surface area contributed by atoms with Crippen LogP contribution < -0.4 is 5.32 Å². The first-order valence-electron chi connectivity index (χ1n) is 8.22. The van der Waals surface area contributed by atoms with E-state index in [1.807, 2.05) is 19.9 Å². The minimum absolute atomic E-state index is 0.0878. The van der Waals surface area contributed by atoms with Gasteiger partial charge < -0.3 is 10.4 Å². The maximum atomic E-state index is 14.4. The number of hydrogen-bond acceptors (Lipinski definition) is 3. The van der Waals surface area contributed by atoms with Crippen LogP contribution in [0.4, 0.5) is 4.39 Å². The SMILES string of the molecule is Cc1cc(C)n(-c2ccc(C(=O)NC(CC3CC3)C(=O)O)cc2F)n1. The minimum atomic E-state index is -1.07. The topological polar surface area (TPSA) is 84.2 Å². The van der Waals surface area contributed by atoms with Crippen LogP contribution >= 0.6 is 0 Å². The molecular weight excluding hydrogens is 325 g/mol. The molecule has 7 heteroatoms. The van der Waals surface area contributed by atoms with Gasteiger partial charge in [0.15, 0.2) is 0 Å². The molecule has 1 fully saturated rings. The summed E-state index contributed by atoms with van der Waals surface area (Å²) in [6.45, 7) is 3.63. The van der Waals surface area contributed by atoms with Crippen LogP contribution in [0, 0.1) is 25.6 Å². The Morgan fingerprint density at radius 2 is 2.08 bits per heavy atom. The summed E-state index contributed by atoms with van der Waals surface area (Å²) >= 11 is 0. The van der Waals surface area contributed by atoms with E-state index >= 15 is 0 Å². The largest absolute Gasteiger partial charge is 0.480 e. The van der Waals surface area contributed by atoms with E-state index < -0.39 is 23.7 Å². The number of halogens is 1. The van der Waals surface area contributed by atoms with Crippen molar-refractivity contribution in [1.82, 2.24) is 15.1 Å². The third kappa shape index (κ3) is 3.87. The van der Waals surface area contributed by atoms with Gasteiger partial charge in [0, 0.05) is 11.3 Å². The van der Waals surface area contributed by atoms with Gasteiger partial charge in [-0.3, -0.25) is 4.79 Å². The predicted octanol–water partition coefficient (Wildman–Crippen LogP) is 2.61. The molecule has 1 saturated carbocycles. The number of aliphatic carboxylic acids is 1. The maximum absolute atomic E-state index is 14.4. The molecule has 0 spiro atoms. The minimum Gasteiger partial charge on any atom is -0.480 e. The number of nitrogens with one attached hydrogen (secondary N) is 1. The van der Waals surface area contributed by atoms with Crippen LogP contribution in [0.3, 0.4) is 0 Å². The standard InChI is InChI=1S/C18H20FN3O3/c1-10-7-11(2)22(21-10)16-6-5-13(9-14(16)19)17(23)20-15(18(24)25)8-12-3-4-12/h5-7,9,12,15H,3-4,8H2,1-2H3,(H,20,23)(H,24,25). The first kappa shape index (κ1) is 17.1. The molecule has 0 radical (unpaired) electrons. The summed E-state index contributed by atoms with van der Waals surface area (Å²) in [7, 11) is 0. The van der Waals surface area contributed by atoms with Crippen molar-refractivity contribution in [3.05, 3.63) is 47.0 Å². The number of aryl methyl sites for hydroxylation is 2. The average molecular weight is 345 g/mol. The number of carbonyl (C=O) groups excluding carboxylic acids is 1. The van der Waals surface area contributed by atoms with Crippen LogP contribution in [0.1, 0.15) is 41.0 Å². The highest BCUT2D eigenvalue weighted by atomic mass is 19.1. The summed E-state index contributed by atoms with van der Waals surface area (Å²) in [6, 6.07) is 4.94. The number of benzene rings is 1. The Kier molecular flexibility index (Phi) is 4.57. The van der Waals surface area contributed by atoms with Gasteiger partial charge >= 0.3 is 5.97 Å². The molecule has 1 aromatic carbocycles. The fraction of sp³-hybridized carbons (Fsp3) is 0.389. The number of carbonyl (C=O) groups is 2. The molecule has 2 aromatic rings. The first-order valence-corrected chi connectivity index (χ1v) is 8.22. The summed E-state index contributed by atoms with van der Waals surface area (Å²) in [5.41, 5.74) is 1.88. The molecule has 2 N–H and O–H groups in total. The molecule has 1 aromatic heterocycles. The highest BCUT2D eigenvalue weighted by Crippen LogP contribution is 2.33. The Labute approximate surface area is 144 Å². The number of nitrogens with zero attached hydrogens (tertiary/aromatic N) is 2. The fourth-order valence-corrected chi connectivity index (χ4v) is 2.84. The molecule has 1 atom stereocenters. The molecule has 25 heavy (non-hydrogen) atoms. The molecule has 0 saturated heterocycles. The highest BCUT2D eigenvalue weighted by molar-refractivity contribution is 5.96. The normalized spacial score (nSPS) is 15.0. The molecule has 0 bridgehead atoms. The zero-order valence-electron chi connectivity index (χ0n) is 14.1. The quantitative estimate of drug-likeness (QED) is 0.843. The Hall–Kier alpha value is -2.70. The molecule has 132 valence electrons. The van der Waals surface area contributed by atoms with Gasteiger partial charge in [0.1, 0.15) is 17.5 Å². The number of hydrogen-bond donors (Lipinski definition) is 2. The van der Waals surface area contributed by atoms with Crippen molar-refractivity contribution >= 4 is 11.9 Å². The second-order valence-electron chi connectivity index (χ2n) is 6.55. The van der Waals surface area contributed by atoms with Crippen molar-refractivity contribution in [2.45, 2.75) is 39.2 Å². The Morgan fingerprint density at radius 1 is 1.36 bits per heavy atom. The van der Waals surface area contributed by atoms with Crippen LogP contribution in [0.25, 0.3) is 5.69 Å². The van der Waals surface area contributed by atoms with Gasteiger partial charge in [-0.25, -0.2) is 13.9 Å². The van der Waals surface area contributed by atoms with E-state index in [9.17, 15) is 19.1 Å². The smallest absolute Gasteiger partial charge is 0.326 e. The molecule has 1 amide bonds. The zero-order valence-corrected chi connectivity index (χ0v) is 14.1. The summed E-state index contributed by atoms with van der Waals surface area (Å²) in [6.07, 6.45) is 2.39. The molecule has 3 rings (SSSR count). The average Bonchev–Trinajstić information content (AvgIpc) is 3.29. The van der Waals surface area contributed by atoms with E-state index in [-0.39, 0.29) is 11.3 Å². The molecule has 0 aliphatic heterocycles. The van der Waals surface area contributed by atoms with E-state index in [0.29, 0.717) is 12.3 Å². The Bertz CT molecular complexity index is 827. The molecule has 1 aliphatic carbocycles. The lowest BCUT2D eigenvalue weighted by Crippen LogP contribution is -2.41. The Morgan fingerprint density at radius 3 is 2.60 bits per heavy atom. The van der Waals surface area contributed by atoms with Crippen molar-refractivity contribution in [3.63, 3.8) is 0 Å². The van der Waals surface area contributed by atoms with Crippen LogP contribution in [0.5, 0.6) is 0 Å². The van der Waals surface area contributed by atoms with Crippen LogP contribution in [0.15, 0.2) is 24.3 Å². The van der Waals surface area contributed by atoms with Gasteiger partial charge in [0.25, 0.3) is 5.91 Å². The van der Waals surface area contributed by atoms with Crippen LogP contribution in [0.2, 0.25) is 0 Å². The lowest BCUT2D eigenvalue weighted by atomic mass is 10.1. The van der Waals surface area contributed by atoms with Crippen LogP contribution in [-0.4, -0.2) is 32.8 Å². The highest BCUT2D eigenvalue weighted by Gasteiger charge is 2.30. The second kappa shape index (κ2) is 6.66. The lowest BCUT2D eigenvalue weighted by molar-refractivity contribution is -0.139. The van der Waals surface area contributed by atoms with Crippen molar-refractivity contribution in [2.24, 2.45) is 5.92 Å². The van der Waals surface area contributed by atoms with Crippen LogP contribution in [-0.2, 0) is 4.79 Å². The Balaban J connectivity index is 1.78. The zero-order chi connectivity index (χ0) is 18.1. The molecule has 6 nitrogen and oxygen atoms in total. The number of rotatable bonds is 6. The molecule has 1 heterocycles. The number of carboxylic acid groups (broad SMARTS) is 1. The summed E-state index contributed by atoms with van der Waals surface area (Å²) in [5, 5.41) is 15.9. The molecule has 1 aliphatic rings. The van der Waals surface area contributed by atoms with Gasteiger partial charge in [-0.05, 0) is 50.5 Å². The maximum Gasteiger partial charge on any atom is 0.326 e. The third-order valence-corrected chi connectivity index (χ3v) is 4.32. The molecular formula is C18H20FN3O3. The van der Waals surface area contributed by atoms with Crippen molar-refractivity contribution in [1.29, 1.82) is 0 Å². The van der Waals surface area contributed by atoms with Gasteiger partial charge in [0.2, 0.25) is 0 Å². The van der Waals surface area contributed by atoms with Gasteiger partial charge in [-0.15, -0.1) is 0 Å². The predicted molar refractivity (Wildman–Crippen MR) is 89.2 cm³/mol. The van der Waals surface area contributed by atoms with E-state index in [1.54, 1.807) is 0 Å². The monoisotopic (exact) mass is 345 g/mol. The second-order valence-corrected chi connectivity index (χ2v) is 6.55. The van der Waals surface area contributed by atoms with Gasteiger partial charge in [-0.1, -0.05) is 12.8 Å². The number of carboxylic acids is 1. The molecule has 1 unspecified atom stereocenters. The summed E-state index contributed by atoms with van der Waals surface area (Å²) < 4.78 is 15.9. The fourth-order valence-electron chi connectivity index (χ4n) is 2.84. The van der Waals surface area contributed by atoms with Gasteiger partial charge in [0.05, 0.1) is 5.69 Å². The van der Waals surface area contributed by atoms with E-state index in [1.165, 1.54) is 16.8 Å². The van der Waals surface area contributed by atoms with E-state index in [4.69, 9.17) is 0 Å². The number of amides is 1. The van der Waals surface area contributed by atoms with Crippen molar-refractivity contribution in [3.8, 4) is 5.69 Å². The van der Waals surface area contributed by atoms with Crippen molar-refractivity contribution in [2.75, 3.05) is 0 Å².